The van der Waals surface area contributed by atoms with E-state index in [1.807, 2.05) is 12.1 Å². The molecule has 2 nitrogen and oxygen atoms in total. The SMILES string of the molecule is Cc1cc(C)c(-c2cccnc2N)c(C)c1. The topological polar surface area (TPSA) is 38.9 Å². The molecule has 0 aliphatic heterocycles. The molecule has 2 rings (SSSR count). The highest BCUT2D eigenvalue weighted by molar-refractivity contribution is 5.78. The van der Waals surface area contributed by atoms with Crippen molar-refractivity contribution in [1.29, 1.82) is 0 Å². The lowest BCUT2D eigenvalue weighted by molar-refractivity contribution is 1.29. The third kappa shape index (κ3) is 1.78. The van der Waals surface area contributed by atoms with E-state index in [4.69, 9.17) is 5.73 Å². The second-order valence-corrected chi connectivity index (χ2v) is 4.21. The number of hydrogen-bond donors (Lipinski definition) is 1. The van der Waals surface area contributed by atoms with Crippen LogP contribution in [0.2, 0.25) is 0 Å². The summed E-state index contributed by atoms with van der Waals surface area (Å²) in [5.74, 6) is 0.595. The highest BCUT2D eigenvalue weighted by atomic mass is 14.8. The molecule has 1 aromatic heterocycles. The number of hydrogen-bond acceptors (Lipinski definition) is 2. The zero-order valence-electron chi connectivity index (χ0n) is 9.91. The molecule has 0 fully saturated rings. The molecule has 0 spiro atoms. The van der Waals surface area contributed by atoms with Gasteiger partial charge in [0.15, 0.2) is 0 Å². The Morgan fingerprint density at radius 2 is 1.69 bits per heavy atom. The van der Waals surface area contributed by atoms with Crippen molar-refractivity contribution in [2.45, 2.75) is 20.8 Å². The van der Waals surface area contributed by atoms with Gasteiger partial charge in [0.1, 0.15) is 5.82 Å². The predicted molar refractivity (Wildman–Crippen MR) is 68.3 cm³/mol. The largest absolute Gasteiger partial charge is 0.383 e. The minimum Gasteiger partial charge on any atom is -0.383 e. The maximum Gasteiger partial charge on any atom is 0.131 e. The second-order valence-electron chi connectivity index (χ2n) is 4.21. The first-order valence-electron chi connectivity index (χ1n) is 5.38. The van der Waals surface area contributed by atoms with Crippen LogP contribution in [-0.4, -0.2) is 4.98 Å². The van der Waals surface area contributed by atoms with Crippen molar-refractivity contribution < 1.29 is 0 Å². The standard InChI is InChI=1S/C14H16N2/c1-9-7-10(2)13(11(3)8-9)12-5-4-6-16-14(12)15/h4-8H,1-3H3,(H2,15,16). The van der Waals surface area contributed by atoms with Crippen LogP contribution in [0.25, 0.3) is 11.1 Å². The van der Waals surface area contributed by atoms with Gasteiger partial charge in [-0.05, 0) is 49.6 Å². The molecular formula is C14H16N2. The molecule has 16 heavy (non-hydrogen) atoms. The average Bonchev–Trinajstić information content (AvgIpc) is 2.19. The molecule has 0 atom stereocenters. The summed E-state index contributed by atoms with van der Waals surface area (Å²) < 4.78 is 0. The number of aryl methyl sites for hydroxylation is 3. The van der Waals surface area contributed by atoms with E-state index >= 15 is 0 Å². The number of rotatable bonds is 1. The molecule has 2 heteroatoms. The second kappa shape index (κ2) is 3.97. The zero-order valence-corrected chi connectivity index (χ0v) is 9.91. The Morgan fingerprint density at radius 1 is 1.06 bits per heavy atom. The highest BCUT2D eigenvalue weighted by Gasteiger charge is 2.09. The molecule has 0 bridgehead atoms. The molecule has 0 aliphatic rings. The smallest absolute Gasteiger partial charge is 0.131 e. The predicted octanol–water partition coefficient (Wildman–Crippen LogP) is 3.26. The van der Waals surface area contributed by atoms with Crippen molar-refractivity contribution >= 4 is 5.82 Å². The van der Waals surface area contributed by atoms with Gasteiger partial charge in [0.25, 0.3) is 0 Å². The number of nitrogens with two attached hydrogens (primary N) is 1. The Bertz CT molecular complexity index is 507. The van der Waals surface area contributed by atoms with Crippen LogP contribution in [0.1, 0.15) is 16.7 Å². The molecule has 0 saturated carbocycles. The van der Waals surface area contributed by atoms with Crippen LogP contribution in [0.15, 0.2) is 30.5 Å². The third-order valence-electron chi connectivity index (χ3n) is 2.78. The van der Waals surface area contributed by atoms with E-state index in [0.29, 0.717) is 5.82 Å². The first-order chi connectivity index (χ1) is 7.59. The lowest BCUT2D eigenvalue weighted by Crippen LogP contribution is -1.97. The lowest BCUT2D eigenvalue weighted by Gasteiger charge is -2.12. The van der Waals surface area contributed by atoms with Crippen LogP contribution >= 0.6 is 0 Å². The lowest BCUT2D eigenvalue weighted by atomic mass is 9.94. The third-order valence-corrected chi connectivity index (χ3v) is 2.78. The van der Waals surface area contributed by atoms with Gasteiger partial charge in [-0.25, -0.2) is 4.98 Å². The van der Waals surface area contributed by atoms with E-state index in [9.17, 15) is 0 Å². The van der Waals surface area contributed by atoms with Gasteiger partial charge < -0.3 is 5.73 Å². The number of nitrogens with zero attached hydrogens (tertiary/aromatic N) is 1. The molecule has 0 saturated heterocycles. The molecule has 0 aliphatic carbocycles. The fraction of sp³-hybridized carbons (Fsp3) is 0.214. The molecule has 2 N–H and O–H groups in total. The number of anilines is 1. The normalized spacial score (nSPS) is 10.4. The van der Waals surface area contributed by atoms with Crippen molar-refractivity contribution in [2.75, 3.05) is 5.73 Å². The van der Waals surface area contributed by atoms with Crippen molar-refractivity contribution in [2.24, 2.45) is 0 Å². The molecule has 1 aromatic carbocycles. The van der Waals surface area contributed by atoms with Gasteiger partial charge >= 0.3 is 0 Å². The summed E-state index contributed by atoms with van der Waals surface area (Å²) >= 11 is 0. The first kappa shape index (κ1) is 10.7. The van der Waals surface area contributed by atoms with Gasteiger partial charge in [-0.3, -0.25) is 0 Å². The minimum atomic E-state index is 0.595. The zero-order chi connectivity index (χ0) is 11.7. The van der Waals surface area contributed by atoms with Crippen molar-refractivity contribution in [3.63, 3.8) is 0 Å². The van der Waals surface area contributed by atoms with E-state index < -0.39 is 0 Å². The van der Waals surface area contributed by atoms with Gasteiger partial charge in [0, 0.05) is 11.8 Å². The Balaban J connectivity index is 2.70. The molecule has 1 heterocycles. The Hall–Kier alpha value is -1.83. The van der Waals surface area contributed by atoms with Crippen LogP contribution in [-0.2, 0) is 0 Å². The summed E-state index contributed by atoms with van der Waals surface area (Å²) in [4.78, 5) is 4.14. The van der Waals surface area contributed by atoms with Crippen molar-refractivity contribution in [3.8, 4) is 11.1 Å². The van der Waals surface area contributed by atoms with Gasteiger partial charge in [-0.15, -0.1) is 0 Å². The van der Waals surface area contributed by atoms with Crippen molar-refractivity contribution in [3.05, 3.63) is 47.2 Å². The number of pyridine rings is 1. The van der Waals surface area contributed by atoms with Gasteiger partial charge in [0.2, 0.25) is 0 Å². The van der Waals surface area contributed by atoms with Crippen LogP contribution in [0, 0.1) is 20.8 Å². The number of benzene rings is 1. The van der Waals surface area contributed by atoms with Gasteiger partial charge in [0.05, 0.1) is 0 Å². The molecule has 2 aromatic rings. The van der Waals surface area contributed by atoms with E-state index in [-0.39, 0.29) is 0 Å². The summed E-state index contributed by atoms with van der Waals surface area (Å²) in [5.41, 5.74) is 11.9. The van der Waals surface area contributed by atoms with Crippen molar-refractivity contribution in [1.82, 2.24) is 4.98 Å². The average molecular weight is 212 g/mol. The monoisotopic (exact) mass is 212 g/mol. The Morgan fingerprint density at radius 3 is 2.25 bits per heavy atom. The molecule has 0 unspecified atom stereocenters. The van der Waals surface area contributed by atoms with Crippen LogP contribution < -0.4 is 5.73 Å². The van der Waals surface area contributed by atoms with Gasteiger partial charge in [-0.2, -0.15) is 0 Å². The first-order valence-corrected chi connectivity index (χ1v) is 5.38. The van der Waals surface area contributed by atoms with Gasteiger partial charge in [-0.1, -0.05) is 17.7 Å². The van der Waals surface area contributed by atoms with Crippen LogP contribution in [0.3, 0.4) is 0 Å². The molecule has 0 amide bonds. The van der Waals surface area contributed by atoms with E-state index in [2.05, 4.69) is 37.9 Å². The minimum absolute atomic E-state index is 0.595. The fourth-order valence-corrected chi connectivity index (χ4v) is 2.23. The molecular weight excluding hydrogens is 196 g/mol. The summed E-state index contributed by atoms with van der Waals surface area (Å²) in [6.07, 6.45) is 1.72. The quantitative estimate of drug-likeness (QED) is 0.788. The Kier molecular flexibility index (Phi) is 2.65. The fourth-order valence-electron chi connectivity index (χ4n) is 2.23. The van der Waals surface area contributed by atoms with E-state index in [0.717, 1.165) is 5.56 Å². The number of aromatic nitrogens is 1. The number of nitrogen functional groups attached to an aromatic ring is 1. The summed E-state index contributed by atoms with van der Waals surface area (Å²) in [6, 6.07) is 8.29. The summed E-state index contributed by atoms with van der Waals surface area (Å²) in [7, 11) is 0. The van der Waals surface area contributed by atoms with E-state index in [1.165, 1.54) is 22.3 Å². The summed E-state index contributed by atoms with van der Waals surface area (Å²) in [5, 5.41) is 0. The van der Waals surface area contributed by atoms with Crippen LogP contribution in [0.4, 0.5) is 5.82 Å². The highest BCUT2D eigenvalue weighted by Crippen LogP contribution is 2.30. The van der Waals surface area contributed by atoms with Crippen LogP contribution in [0.5, 0.6) is 0 Å². The maximum atomic E-state index is 5.92. The molecule has 82 valence electrons. The van der Waals surface area contributed by atoms with E-state index in [1.54, 1.807) is 6.20 Å². The maximum absolute atomic E-state index is 5.92. The molecule has 0 radical (unpaired) electrons. The summed E-state index contributed by atoms with van der Waals surface area (Å²) in [6.45, 7) is 6.33. The Labute approximate surface area is 96.1 Å².